The van der Waals surface area contributed by atoms with E-state index in [2.05, 4.69) is 44.8 Å². The second-order valence-corrected chi connectivity index (χ2v) is 8.25. The number of amides is 1. The van der Waals surface area contributed by atoms with Crippen LogP contribution in [0.2, 0.25) is 0 Å². The van der Waals surface area contributed by atoms with Crippen molar-refractivity contribution in [3.8, 4) is 0 Å². The van der Waals surface area contributed by atoms with Gasteiger partial charge in [-0.1, -0.05) is 24.3 Å². The summed E-state index contributed by atoms with van der Waals surface area (Å²) in [6.45, 7) is 5.73. The molecule has 0 atom stereocenters. The molecule has 0 saturated carbocycles. The molecule has 3 heterocycles. The SMILES string of the molecule is COCc1nn(Cc2ccc(Cn3cccn3)cc2)cc1C(=O)NCc1c(C)cc(N)nc1C. The molecule has 0 fully saturated rings. The fourth-order valence-corrected chi connectivity index (χ4v) is 3.91. The van der Waals surface area contributed by atoms with E-state index in [0.29, 0.717) is 30.2 Å². The van der Waals surface area contributed by atoms with Gasteiger partial charge in [0.25, 0.3) is 5.91 Å². The Labute approximate surface area is 198 Å². The predicted molar refractivity (Wildman–Crippen MR) is 129 cm³/mol. The summed E-state index contributed by atoms with van der Waals surface area (Å²) in [5, 5.41) is 11.8. The molecule has 0 unspecified atom stereocenters. The van der Waals surface area contributed by atoms with Gasteiger partial charge in [-0.05, 0) is 48.2 Å². The average molecular weight is 460 g/mol. The van der Waals surface area contributed by atoms with Crippen molar-refractivity contribution in [3.63, 3.8) is 0 Å². The summed E-state index contributed by atoms with van der Waals surface area (Å²) >= 11 is 0. The van der Waals surface area contributed by atoms with Crippen LogP contribution in [0, 0.1) is 13.8 Å². The van der Waals surface area contributed by atoms with Crippen LogP contribution in [-0.2, 0) is 31.0 Å². The number of methoxy groups -OCH3 is 1. The number of carbonyl (C=O) groups is 1. The third-order valence-electron chi connectivity index (χ3n) is 5.63. The number of aromatic nitrogens is 5. The van der Waals surface area contributed by atoms with Crippen molar-refractivity contribution in [1.82, 2.24) is 29.9 Å². The number of nitrogens with one attached hydrogen (secondary N) is 1. The molecule has 4 aromatic rings. The number of hydrogen-bond donors (Lipinski definition) is 2. The van der Waals surface area contributed by atoms with Crippen molar-refractivity contribution < 1.29 is 9.53 Å². The van der Waals surface area contributed by atoms with E-state index in [1.54, 1.807) is 24.2 Å². The van der Waals surface area contributed by atoms with Crippen molar-refractivity contribution in [2.24, 2.45) is 0 Å². The maximum atomic E-state index is 13.0. The lowest BCUT2D eigenvalue weighted by molar-refractivity contribution is 0.0945. The van der Waals surface area contributed by atoms with E-state index in [4.69, 9.17) is 10.5 Å². The Bertz CT molecular complexity index is 1240. The number of nitrogens with zero attached hydrogens (tertiary/aromatic N) is 5. The molecule has 1 amide bonds. The third kappa shape index (κ3) is 5.49. The molecule has 0 aliphatic heterocycles. The minimum Gasteiger partial charge on any atom is -0.384 e. The summed E-state index contributed by atoms with van der Waals surface area (Å²) in [6.07, 6.45) is 5.47. The second kappa shape index (κ2) is 10.3. The van der Waals surface area contributed by atoms with Gasteiger partial charge in [0.2, 0.25) is 0 Å². The Balaban J connectivity index is 1.45. The van der Waals surface area contributed by atoms with Crippen LogP contribution in [0.15, 0.2) is 55.0 Å². The predicted octanol–water partition coefficient (Wildman–Crippen LogP) is 2.85. The highest BCUT2D eigenvalue weighted by Crippen LogP contribution is 2.16. The quantitative estimate of drug-likeness (QED) is 0.398. The number of rotatable bonds is 9. The van der Waals surface area contributed by atoms with Crippen LogP contribution in [0.5, 0.6) is 0 Å². The van der Waals surface area contributed by atoms with Crippen molar-refractivity contribution in [2.45, 2.75) is 40.1 Å². The van der Waals surface area contributed by atoms with Crippen molar-refractivity contribution >= 4 is 11.7 Å². The highest BCUT2D eigenvalue weighted by Gasteiger charge is 2.17. The Hall–Kier alpha value is -3.98. The maximum absolute atomic E-state index is 13.0. The zero-order chi connectivity index (χ0) is 24.1. The molecule has 4 rings (SSSR count). The van der Waals surface area contributed by atoms with Gasteiger partial charge in [-0.25, -0.2) is 4.98 Å². The molecule has 34 heavy (non-hydrogen) atoms. The molecule has 3 aromatic heterocycles. The van der Waals surface area contributed by atoms with E-state index < -0.39 is 0 Å². The zero-order valence-corrected chi connectivity index (χ0v) is 19.7. The summed E-state index contributed by atoms with van der Waals surface area (Å²) in [6, 6.07) is 12.0. The minimum absolute atomic E-state index is 0.205. The van der Waals surface area contributed by atoms with E-state index >= 15 is 0 Å². The lowest BCUT2D eigenvalue weighted by Crippen LogP contribution is -2.24. The maximum Gasteiger partial charge on any atom is 0.255 e. The molecule has 0 saturated heterocycles. The highest BCUT2D eigenvalue weighted by atomic mass is 16.5. The first-order chi connectivity index (χ1) is 16.4. The van der Waals surface area contributed by atoms with Crippen LogP contribution in [0.1, 0.15) is 44.0 Å². The first-order valence-electron chi connectivity index (χ1n) is 11.0. The van der Waals surface area contributed by atoms with E-state index in [9.17, 15) is 4.79 Å². The molecule has 0 radical (unpaired) electrons. The van der Waals surface area contributed by atoms with Gasteiger partial charge in [0, 0.05) is 37.9 Å². The molecule has 9 heteroatoms. The largest absolute Gasteiger partial charge is 0.384 e. The van der Waals surface area contributed by atoms with Gasteiger partial charge >= 0.3 is 0 Å². The summed E-state index contributed by atoms with van der Waals surface area (Å²) in [7, 11) is 1.59. The van der Waals surface area contributed by atoms with Gasteiger partial charge in [-0.3, -0.25) is 14.2 Å². The molecule has 9 nitrogen and oxygen atoms in total. The van der Waals surface area contributed by atoms with Gasteiger partial charge in [0.1, 0.15) is 11.5 Å². The van der Waals surface area contributed by atoms with Crippen molar-refractivity contribution in [3.05, 3.63) is 94.2 Å². The molecular weight excluding hydrogens is 430 g/mol. The lowest BCUT2D eigenvalue weighted by Gasteiger charge is -2.11. The Morgan fingerprint density at radius 3 is 2.44 bits per heavy atom. The van der Waals surface area contributed by atoms with E-state index in [-0.39, 0.29) is 12.5 Å². The van der Waals surface area contributed by atoms with Crippen LogP contribution in [0.4, 0.5) is 5.82 Å². The number of nitrogens with two attached hydrogens (primary N) is 1. The Kier molecular flexibility index (Phi) is 7.03. The highest BCUT2D eigenvalue weighted by molar-refractivity contribution is 5.95. The molecular formula is C25H29N7O2. The summed E-state index contributed by atoms with van der Waals surface area (Å²) in [5.41, 5.74) is 11.9. The summed E-state index contributed by atoms with van der Waals surface area (Å²) in [5.74, 6) is 0.270. The van der Waals surface area contributed by atoms with Crippen molar-refractivity contribution in [1.29, 1.82) is 0 Å². The van der Waals surface area contributed by atoms with Crippen LogP contribution in [-0.4, -0.2) is 37.6 Å². The Morgan fingerprint density at radius 1 is 1.12 bits per heavy atom. The molecule has 176 valence electrons. The summed E-state index contributed by atoms with van der Waals surface area (Å²) < 4.78 is 8.93. The number of ether oxygens (including phenoxy) is 1. The number of aryl methyl sites for hydroxylation is 2. The second-order valence-electron chi connectivity index (χ2n) is 8.25. The topological polar surface area (TPSA) is 113 Å². The number of hydrogen-bond acceptors (Lipinski definition) is 6. The van der Waals surface area contributed by atoms with Gasteiger partial charge < -0.3 is 15.8 Å². The zero-order valence-electron chi connectivity index (χ0n) is 19.7. The van der Waals surface area contributed by atoms with Gasteiger partial charge in [0.05, 0.1) is 25.3 Å². The van der Waals surface area contributed by atoms with Crippen LogP contribution >= 0.6 is 0 Å². The average Bonchev–Trinajstić information content (AvgIpc) is 3.44. The standard InChI is InChI=1S/C25H29N7O2/c1-17-11-24(26)29-18(2)21(17)12-27-25(33)22-15-32(30-23(22)16-34-3)14-20-7-5-19(6-8-20)13-31-10-4-9-28-31/h4-11,15H,12-14,16H2,1-3H3,(H2,26,29)(H,27,33). The smallest absolute Gasteiger partial charge is 0.255 e. The third-order valence-corrected chi connectivity index (χ3v) is 5.63. The first kappa shape index (κ1) is 23.2. The molecule has 0 aliphatic carbocycles. The van der Waals surface area contributed by atoms with E-state index in [0.717, 1.165) is 34.5 Å². The van der Waals surface area contributed by atoms with Gasteiger partial charge in [-0.15, -0.1) is 0 Å². The number of nitrogen functional groups attached to an aromatic ring is 1. The number of anilines is 1. The van der Waals surface area contributed by atoms with Gasteiger partial charge in [0.15, 0.2) is 0 Å². The molecule has 0 aliphatic rings. The number of benzene rings is 1. The minimum atomic E-state index is -0.205. The normalized spacial score (nSPS) is 11.0. The van der Waals surface area contributed by atoms with Crippen LogP contribution in [0.25, 0.3) is 0 Å². The number of carbonyl (C=O) groups excluding carboxylic acids is 1. The Morgan fingerprint density at radius 2 is 1.82 bits per heavy atom. The molecule has 0 spiro atoms. The molecule has 3 N–H and O–H groups in total. The molecule has 1 aromatic carbocycles. The van der Waals surface area contributed by atoms with Crippen LogP contribution < -0.4 is 11.1 Å². The van der Waals surface area contributed by atoms with E-state index in [1.807, 2.05) is 36.9 Å². The molecule has 0 bridgehead atoms. The van der Waals surface area contributed by atoms with Crippen molar-refractivity contribution in [2.75, 3.05) is 12.8 Å². The monoisotopic (exact) mass is 459 g/mol. The summed E-state index contributed by atoms with van der Waals surface area (Å²) in [4.78, 5) is 17.3. The van der Waals surface area contributed by atoms with Gasteiger partial charge in [-0.2, -0.15) is 10.2 Å². The lowest BCUT2D eigenvalue weighted by atomic mass is 10.1. The fourth-order valence-electron chi connectivity index (χ4n) is 3.91. The first-order valence-corrected chi connectivity index (χ1v) is 11.0. The number of pyridine rings is 1. The van der Waals surface area contributed by atoms with Crippen LogP contribution in [0.3, 0.4) is 0 Å². The van der Waals surface area contributed by atoms with E-state index in [1.165, 1.54) is 0 Å². The fraction of sp³-hybridized carbons (Fsp3) is 0.280.